The van der Waals surface area contributed by atoms with Crippen LogP contribution in [0.3, 0.4) is 0 Å². The van der Waals surface area contributed by atoms with Crippen molar-refractivity contribution in [2.75, 3.05) is 0 Å². The van der Waals surface area contributed by atoms with Gasteiger partial charge in [0.1, 0.15) is 5.82 Å². The Hall–Kier alpha value is -2.41. The van der Waals surface area contributed by atoms with Crippen molar-refractivity contribution in [2.45, 2.75) is 16.2 Å². The minimum absolute atomic E-state index is 0.0117. The number of nitro groups is 1. The molecule has 0 radical (unpaired) electrons. The van der Waals surface area contributed by atoms with E-state index in [-0.39, 0.29) is 17.7 Å². The molecule has 0 atom stereocenters. The zero-order valence-corrected chi connectivity index (χ0v) is 11.5. The summed E-state index contributed by atoms with van der Waals surface area (Å²) in [7, 11) is 0. The molecule has 0 saturated heterocycles. The number of halogens is 1. The van der Waals surface area contributed by atoms with Crippen LogP contribution >= 0.6 is 11.8 Å². The fourth-order valence-electron chi connectivity index (χ4n) is 1.67. The van der Waals surface area contributed by atoms with E-state index in [1.807, 2.05) is 0 Å². The largest absolute Gasteiger partial charge is 0.481 e. The minimum Gasteiger partial charge on any atom is -0.481 e. The van der Waals surface area contributed by atoms with Crippen LogP contribution < -0.4 is 0 Å². The van der Waals surface area contributed by atoms with E-state index < -0.39 is 16.7 Å². The lowest BCUT2D eigenvalue weighted by Crippen LogP contribution is -2.02. The SMILES string of the molecule is O=C(O)Cc1ccc(Sc2ccc([N+](=O)[O-])cc2)cc1F. The third-order valence-corrected chi connectivity index (χ3v) is 3.65. The average molecular weight is 307 g/mol. The van der Waals surface area contributed by atoms with E-state index in [1.54, 1.807) is 18.2 Å². The van der Waals surface area contributed by atoms with Crippen LogP contribution in [-0.4, -0.2) is 16.0 Å². The quantitative estimate of drug-likeness (QED) is 0.675. The molecule has 0 spiro atoms. The van der Waals surface area contributed by atoms with Crippen molar-refractivity contribution in [2.24, 2.45) is 0 Å². The van der Waals surface area contributed by atoms with Crippen molar-refractivity contribution in [3.05, 3.63) is 64.0 Å². The van der Waals surface area contributed by atoms with Gasteiger partial charge in [0.2, 0.25) is 0 Å². The van der Waals surface area contributed by atoms with Gasteiger partial charge in [-0.2, -0.15) is 0 Å². The standard InChI is InChI=1S/C14H10FNO4S/c15-13-8-12(4-1-9(13)7-14(17)18)21-11-5-2-10(3-6-11)16(19)20/h1-6,8H,7H2,(H,17,18). The Balaban J connectivity index is 2.14. The average Bonchev–Trinajstić information content (AvgIpc) is 2.42. The van der Waals surface area contributed by atoms with Gasteiger partial charge in [-0.05, 0) is 29.8 Å². The fourth-order valence-corrected chi connectivity index (χ4v) is 2.51. The molecule has 0 fully saturated rings. The van der Waals surface area contributed by atoms with Crippen LogP contribution in [0.15, 0.2) is 52.3 Å². The van der Waals surface area contributed by atoms with Crippen molar-refractivity contribution in [3.8, 4) is 0 Å². The van der Waals surface area contributed by atoms with Gasteiger partial charge >= 0.3 is 5.97 Å². The number of carboxylic acid groups (broad SMARTS) is 1. The number of nitro benzene ring substituents is 1. The second-order valence-corrected chi connectivity index (χ2v) is 5.32. The summed E-state index contributed by atoms with van der Waals surface area (Å²) < 4.78 is 13.7. The predicted octanol–water partition coefficient (Wildman–Crippen LogP) is 3.51. The number of nitrogens with zero attached hydrogens (tertiary/aromatic N) is 1. The Morgan fingerprint density at radius 2 is 1.81 bits per heavy atom. The van der Waals surface area contributed by atoms with E-state index in [0.717, 1.165) is 4.90 Å². The molecule has 7 heteroatoms. The van der Waals surface area contributed by atoms with Gasteiger partial charge in [0, 0.05) is 21.9 Å². The molecule has 2 rings (SSSR count). The van der Waals surface area contributed by atoms with Crippen molar-refractivity contribution in [1.29, 1.82) is 0 Å². The number of hydrogen-bond acceptors (Lipinski definition) is 4. The Labute approximate surface area is 123 Å². The number of non-ortho nitro benzene ring substituents is 1. The van der Waals surface area contributed by atoms with Crippen LogP contribution in [-0.2, 0) is 11.2 Å². The maximum Gasteiger partial charge on any atom is 0.307 e. The number of benzene rings is 2. The molecule has 108 valence electrons. The van der Waals surface area contributed by atoms with E-state index >= 15 is 0 Å². The van der Waals surface area contributed by atoms with Crippen molar-refractivity contribution >= 4 is 23.4 Å². The molecule has 0 heterocycles. The zero-order valence-electron chi connectivity index (χ0n) is 10.7. The zero-order chi connectivity index (χ0) is 15.4. The highest BCUT2D eigenvalue weighted by Gasteiger charge is 2.09. The first kappa shape index (κ1) is 15.0. The summed E-state index contributed by atoms with van der Waals surface area (Å²) in [5.41, 5.74) is 0.109. The lowest BCUT2D eigenvalue weighted by molar-refractivity contribution is -0.384. The molecule has 0 aliphatic carbocycles. The predicted molar refractivity (Wildman–Crippen MR) is 75.0 cm³/mol. The molecular weight excluding hydrogens is 297 g/mol. The highest BCUT2D eigenvalue weighted by atomic mass is 32.2. The topological polar surface area (TPSA) is 80.4 Å². The van der Waals surface area contributed by atoms with E-state index in [9.17, 15) is 19.3 Å². The fraction of sp³-hybridized carbons (Fsp3) is 0.0714. The van der Waals surface area contributed by atoms with Gasteiger partial charge in [-0.15, -0.1) is 0 Å². The molecule has 0 bridgehead atoms. The summed E-state index contributed by atoms with van der Waals surface area (Å²) in [4.78, 5) is 21.9. The van der Waals surface area contributed by atoms with Gasteiger partial charge in [0.15, 0.2) is 0 Å². The summed E-state index contributed by atoms with van der Waals surface area (Å²) in [6.07, 6.45) is -0.367. The molecule has 0 aliphatic heterocycles. The molecule has 0 aliphatic rings. The molecule has 0 saturated carbocycles. The lowest BCUT2D eigenvalue weighted by Gasteiger charge is -2.04. The van der Waals surface area contributed by atoms with Gasteiger partial charge in [-0.25, -0.2) is 4.39 Å². The van der Waals surface area contributed by atoms with E-state index in [0.29, 0.717) is 4.90 Å². The van der Waals surface area contributed by atoms with Gasteiger partial charge in [0.25, 0.3) is 5.69 Å². The first-order valence-electron chi connectivity index (χ1n) is 5.88. The van der Waals surface area contributed by atoms with Crippen molar-refractivity contribution < 1.29 is 19.2 Å². The first-order valence-corrected chi connectivity index (χ1v) is 6.70. The number of hydrogen-bond donors (Lipinski definition) is 1. The van der Waals surface area contributed by atoms with Crippen molar-refractivity contribution in [3.63, 3.8) is 0 Å². The van der Waals surface area contributed by atoms with Crippen LogP contribution in [0, 0.1) is 15.9 Å². The van der Waals surface area contributed by atoms with Gasteiger partial charge in [0.05, 0.1) is 11.3 Å². The third-order valence-electron chi connectivity index (χ3n) is 2.65. The second kappa shape index (κ2) is 6.36. The molecule has 21 heavy (non-hydrogen) atoms. The molecule has 0 aromatic heterocycles. The summed E-state index contributed by atoms with van der Waals surface area (Å²) >= 11 is 1.24. The summed E-state index contributed by atoms with van der Waals surface area (Å²) in [6, 6.07) is 10.2. The number of carbonyl (C=O) groups is 1. The van der Waals surface area contributed by atoms with Crippen LogP contribution in [0.5, 0.6) is 0 Å². The first-order chi connectivity index (χ1) is 9.95. The van der Waals surface area contributed by atoms with Crippen LogP contribution in [0.4, 0.5) is 10.1 Å². The Morgan fingerprint density at radius 3 is 2.33 bits per heavy atom. The monoisotopic (exact) mass is 307 g/mol. The van der Waals surface area contributed by atoms with Gasteiger partial charge in [-0.1, -0.05) is 17.8 Å². The van der Waals surface area contributed by atoms with E-state index in [1.165, 1.54) is 36.0 Å². The molecule has 5 nitrogen and oxygen atoms in total. The van der Waals surface area contributed by atoms with Crippen LogP contribution in [0.1, 0.15) is 5.56 Å². The van der Waals surface area contributed by atoms with Gasteiger partial charge in [-0.3, -0.25) is 14.9 Å². The van der Waals surface area contributed by atoms with Crippen molar-refractivity contribution in [1.82, 2.24) is 0 Å². The molecule has 0 unspecified atom stereocenters. The Bertz CT molecular complexity index is 688. The highest BCUT2D eigenvalue weighted by Crippen LogP contribution is 2.30. The Morgan fingerprint density at radius 1 is 1.19 bits per heavy atom. The number of rotatable bonds is 5. The molecule has 1 N–H and O–H groups in total. The summed E-state index contributed by atoms with van der Waals surface area (Å²) in [5, 5.41) is 19.2. The smallest absolute Gasteiger partial charge is 0.307 e. The molecule has 2 aromatic carbocycles. The minimum atomic E-state index is -1.09. The molecule has 0 amide bonds. The Kier molecular flexibility index (Phi) is 4.54. The summed E-state index contributed by atoms with van der Waals surface area (Å²) in [6.45, 7) is 0. The highest BCUT2D eigenvalue weighted by molar-refractivity contribution is 7.99. The maximum atomic E-state index is 13.7. The van der Waals surface area contributed by atoms with Crippen LogP contribution in [0.2, 0.25) is 0 Å². The normalized spacial score (nSPS) is 10.3. The lowest BCUT2D eigenvalue weighted by atomic mass is 10.1. The molecular formula is C14H10FNO4S. The third kappa shape index (κ3) is 4.03. The second-order valence-electron chi connectivity index (χ2n) is 4.18. The van der Waals surface area contributed by atoms with E-state index in [2.05, 4.69) is 0 Å². The number of aliphatic carboxylic acids is 1. The molecule has 2 aromatic rings. The van der Waals surface area contributed by atoms with Gasteiger partial charge < -0.3 is 5.11 Å². The number of carboxylic acids is 1. The maximum absolute atomic E-state index is 13.7. The van der Waals surface area contributed by atoms with Crippen LogP contribution in [0.25, 0.3) is 0 Å². The summed E-state index contributed by atoms with van der Waals surface area (Å²) in [5.74, 6) is -1.67. The van der Waals surface area contributed by atoms with E-state index in [4.69, 9.17) is 5.11 Å².